The number of para-hydroxylation sites is 2. The first-order valence-corrected chi connectivity index (χ1v) is 22.0. The number of benzene rings is 10. The van der Waals surface area contributed by atoms with Gasteiger partial charge in [0.25, 0.3) is 0 Å². The molecule has 292 valence electrons. The molecule has 2 atom stereocenters. The Morgan fingerprint density at radius 3 is 2.00 bits per heavy atom. The molecular formula is C59H46N2. The van der Waals surface area contributed by atoms with Crippen molar-refractivity contribution < 1.29 is 0 Å². The van der Waals surface area contributed by atoms with Crippen LogP contribution < -0.4 is 9.80 Å². The number of rotatable bonds is 6. The van der Waals surface area contributed by atoms with E-state index in [9.17, 15) is 0 Å². The van der Waals surface area contributed by atoms with Gasteiger partial charge in [-0.15, -0.1) is 0 Å². The predicted octanol–water partition coefficient (Wildman–Crippen LogP) is 16.6. The Bertz CT molecular complexity index is 3290. The summed E-state index contributed by atoms with van der Waals surface area (Å²) < 4.78 is 0. The van der Waals surface area contributed by atoms with Crippen molar-refractivity contribution >= 4 is 71.5 Å². The van der Waals surface area contributed by atoms with Gasteiger partial charge in [-0.1, -0.05) is 164 Å². The molecular weight excluding hydrogens is 737 g/mol. The first-order chi connectivity index (χ1) is 30.2. The zero-order valence-electron chi connectivity index (χ0n) is 34.4. The van der Waals surface area contributed by atoms with E-state index in [0.717, 1.165) is 17.1 Å². The Morgan fingerprint density at radius 2 is 1.13 bits per heavy atom. The maximum atomic E-state index is 2.64. The summed E-state index contributed by atoms with van der Waals surface area (Å²) in [6.07, 6.45) is 5.14. The Kier molecular flexibility index (Phi) is 8.52. The van der Waals surface area contributed by atoms with Crippen molar-refractivity contribution in [3.05, 3.63) is 211 Å². The van der Waals surface area contributed by atoms with Gasteiger partial charge in [-0.3, -0.25) is 0 Å². The highest BCUT2D eigenvalue weighted by molar-refractivity contribution is 6.24. The summed E-state index contributed by atoms with van der Waals surface area (Å²) in [5.41, 5.74) is 13.9. The van der Waals surface area contributed by atoms with Crippen LogP contribution in [0.3, 0.4) is 0 Å². The molecule has 10 aromatic rings. The summed E-state index contributed by atoms with van der Waals surface area (Å²) >= 11 is 0. The number of anilines is 5. The van der Waals surface area contributed by atoms with Crippen LogP contribution in [0.15, 0.2) is 200 Å². The molecule has 61 heavy (non-hydrogen) atoms. The van der Waals surface area contributed by atoms with E-state index in [1.165, 1.54) is 114 Å². The van der Waals surface area contributed by atoms with Gasteiger partial charge in [-0.2, -0.15) is 0 Å². The smallest absolute Gasteiger partial charge is 0.0540 e. The Morgan fingerprint density at radius 1 is 0.459 bits per heavy atom. The van der Waals surface area contributed by atoms with E-state index >= 15 is 0 Å². The number of aryl methyl sites for hydroxylation is 1. The molecule has 2 heteroatoms. The average molecular weight is 783 g/mol. The standard InChI is InChI=1S/C59H46N2/c1-39-29-36-53-54(37-39)59(52-22-8-7-21-51(52)58(53)42-31-30-40-15-5-6-16-41(40)38-42)50-25-13-24-47-46(50)23-14-28-55(47)60(43-17-3-2-4-18-43)44-32-34-45(35-33-44)61-56-26-11-9-19-48(56)49-20-10-12-27-57(49)61/h2-9,11,13-19,21-26,28-38,49,57H,10,12,20,27H2,1H3. The molecule has 1 heterocycles. The molecule has 2 unspecified atom stereocenters. The van der Waals surface area contributed by atoms with Crippen molar-refractivity contribution in [1.29, 1.82) is 0 Å². The van der Waals surface area contributed by atoms with Gasteiger partial charge in [0.1, 0.15) is 0 Å². The molecule has 2 aliphatic rings. The minimum Gasteiger partial charge on any atom is -0.338 e. The molecule has 0 radical (unpaired) electrons. The molecule has 0 amide bonds. The topological polar surface area (TPSA) is 6.48 Å². The zero-order valence-corrected chi connectivity index (χ0v) is 34.4. The van der Waals surface area contributed by atoms with Gasteiger partial charge in [-0.25, -0.2) is 0 Å². The fourth-order valence-electron chi connectivity index (χ4n) is 11.0. The van der Waals surface area contributed by atoms with Gasteiger partial charge in [0.15, 0.2) is 0 Å². The zero-order chi connectivity index (χ0) is 40.4. The second kappa shape index (κ2) is 14.5. The third-order valence-electron chi connectivity index (χ3n) is 13.7. The monoisotopic (exact) mass is 782 g/mol. The lowest BCUT2D eigenvalue weighted by atomic mass is 9.82. The molecule has 1 aliphatic heterocycles. The Labute approximate surface area is 358 Å². The fraction of sp³-hybridized carbons (Fsp3) is 0.119. The van der Waals surface area contributed by atoms with E-state index in [4.69, 9.17) is 0 Å². The van der Waals surface area contributed by atoms with Crippen LogP contribution in [0.1, 0.15) is 42.7 Å². The average Bonchev–Trinajstić information content (AvgIpc) is 3.66. The number of nitrogens with zero attached hydrogens (tertiary/aromatic N) is 2. The lowest BCUT2D eigenvalue weighted by molar-refractivity contribution is 0.402. The van der Waals surface area contributed by atoms with E-state index < -0.39 is 0 Å². The Hall–Kier alpha value is -7.16. The van der Waals surface area contributed by atoms with Crippen molar-refractivity contribution in [2.45, 2.75) is 44.6 Å². The highest BCUT2D eigenvalue weighted by Gasteiger charge is 2.40. The molecule has 1 aliphatic carbocycles. The van der Waals surface area contributed by atoms with Crippen LogP contribution in [0, 0.1) is 6.92 Å². The molecule has 10 aromatic carbocycles. The molecule has 0 aromatic heterocycles. The van der Waals surface area contributed by atoms with Crippen LogP contribution in [0.25, 0.3) is 65.3 Å². The maximum Gasteiger partial charge on any atom is 0.0540 e. The molecule has 0 N–H and O–H groups in total. The van der Waals surface area contributed by atoms with Crippen molar-refractivity contribution in [2.75, 3.05) is 9.80 Å². The van der Waals surface area contributed by atoms with Crippen molar-refractivity contribution in [3.8, 4) is 22.3 Å². The lowest BCUT2D eigenvalue weighted by Crippen LogP contribution is -2.32. The van der Waals surface area contributed by atoms with Crippen molar-refractivity contribution in [2.24, 2.45) is 0 Å². The minimum absolute atomic E-state index is 0.524. The van der Waals surface area contributed by atoms with Gasteiger partial charge in [0, 0.05) is 40.1 Å². The minimum atomic E-state index is 0.524. The molecule has 0 bridgehead atoms. The molecule has 1 saturated carbocycles. The van der Waals surface area contributed by atoms with Crippen LogP contribution in [-0.4, -0.2) is 6.04 Å². The molecule has 12 rings (SSSR count). The number of hydrogen-bond acceptors (Lipinski definition) is 2. The van der Waals surface area contributed by atoms with E-state index in [1.54, 1.807) is 0 Å². The van der Waals surface area contributed by atoms with E-state index in [1.807, 2.05) is 0 Å². The first-order valence-electron chi connectivity index (χ1n) is 22.0. The van der Waals surface area contributed by atoms with Gasteiger partial charge < -0.3 is 9.80 Å². The summed E-state index contributed by atoms with van der Waals surface area (Å²) in [5, 5.41) is 10.1. The second-order valence-corrected chi connectivity index (χ2v) is 17.2. The van der Waals surface area contributed by atoms with Crippen LogP contribution in [-0.2, 0) is 0 Å². The van der Waals surface area contributed by atoms with Crippen LogP contribution >= 0.6 is 0 Å². The van der Waals surface area contributed by atoms with Crippen LogP contribution in [0.2, 0.25) is 0 Å². The summed E-state index contributed by atoms with van der Waals surface area (Å²) in [7, 11) is 0. The summed E-state index contributed by atoms with van der Waals surface area (Å²) in [5.74, 6) is 0.614. The number of fused-ring (bicyclic) bond motifs is 7. The van der Waals surface area contributed by atoms with Gasteiger partial charge in [0.2, 0.25) is 0 Å². The highest BCUT2D eigenvalue weighted by Crippen LogP contribution is 2.52. The van der Waals surface area contributed by atoms with Crippen molar-refractivity contribution in [1.82, 2.24) is 0 Å². The predicted molar refractivity (Wildman–Crippen MR) is 260 cm³/mol. The largest absolute Gasteiger partial charge is 0.338 e. The summed E-state index contributed by atoms with van der Waals surface area (Å²) in [4.78, 5) is 5.09. The fourth-order valence-corrected chi connectivity index (χ4v) is 11.0. The lowest BCUT2D eigenvalue weighted by Gasteiger charge is -2.34. The third kappa shape index (κ3) is 5.85. The van der Waals surface area contributed by atoms with Crippen LogP contribution in [0.5, 0.6) is 0 Å². The van der Waals surface area contributed by atoms with E-state index in [2.05, 4.69) is 217 Å². The maximum absolute atomic E-state index is 2.64. The third-order valence-corrected chi connectivity index (χ3v) is 13.7. The van der Waals surface area contributed by atoms with Crippen molar-refractivity contribution in [3.63, 3.8) is 0 Å². The summed E-state index contributed by atoms with van der Waals surface area (Å²) in [6, 6.07) is 75.3. The van der Waals surface area contributed by atoms with E-state index in [0.29, 0.717) is 12.0 Å². The quantitative estimate of drug-likeness (QED) is 0.155. The molecule has 0 saturated heterocycles. The normalized spacial score (nSPS) is 16.0. The first kappa shape index (κ1) is 35.8. The van der Waals surface area contributed by atoms with Gasteiger partial charge in [-0.05, 0) is 140 Å². The van der Waals surface area contributed by atoms with E-state index in [-0.39, 0.29) is 0 Å². The molecule has 1 fully saturated rings. The Balaban J connectivity index is 1.03. The SMILES string of the molecule is Cc1ccc2c(-c3ccc4ccccc4c3)c3ccccc3c(-c3cccc4c(N(c5ccccc5)c5ccc(N6c7ccccc7C7CCCCC76)cc5)cccc34)c2c1. The molecule has 2 nitrogen and oxygen atoms in total. The summed E-state index contributed by atoms with van der Waals surface area (Å²) in [6.45, 7) is 2.22. The van der Waals surface area contributed by atoms with Gasteiger partial charge in [0.05, 0.1) is 5.69 Å². The molecule has 0 spiro atoms. The van der Waals surface area contributed by atoms with Crippen LogP contribution in [0.4, 0.5) is 28.4 Å². The second-order valence-electron chi connectivity index (χ2n) is 17.2. The highest BCUT2D eigenvalue weighted by atomic mass is 15.2. The number of hydrogen-bond donors (Lipinski definition) is 0. The van der Waals surface area contributed by atoms with Gasteiger partial charge >= 0.3 is 0 Å².